The van der Waals surface area contributed by atoms with Gasteiger partial charge in [-0.25, -0.2) is 0 Å². The van der Waals surface area contributed by atoms with E-state index in [1.165, 1.54) is 17.0 Å². The van der Waals surface area contributed by atoms with E-state index in [-0.39, 0.29) is 23.4 Å². The third kappa shape index (κ3) is 4.13. The predicted molar refractivity (Wildman–Crippen MR) is 140 cm³/mol. The highest BCUT2D eigenvalue weighted by Crippen LogP contribution is 2.41. The summed E-state index contributed by atoms with van der Waals surface area (Å²) in [5.41, 5.74) is -0.209. The zero-order valence-corrected chi connectivity index (χ0v) is 21.0. The van der Waals surface area contributed by atoms with Gasteiger partial charge in [-0.3, -0.25) is 24.5 Å². The fourth-order valence-corrected chi connectivity index (χ4v) is 4.91. The number of carbonyl (C=O) groups is 4. The van der Waals surface area contributed by atoms with Crippen LogP contribution in [-0.4, -0.2) is 65.4 Å². The second kappa shape index (κ2) is 9.10. The van der Waals surface area contributed by atoms with E-state index in [0.717, 1.165) is 12.1 Å². The highest BCUT2D eigenvalue weighted by molar-refractivity contribution is 6.43. The van der Waals surface area contributed by atoms with Crippen LogP contribution in [0.25, 0.3) is 0 Å². The molecule has 4 atom stereocenters. The fourth-order valence-electron chi connectivity index (χ4n) is 4.79. The lowest BCUT2D eigenvalue weighted by atomic mass is 9.48. The maximum Gasteiger partial charge on any atom is 0.349 e. The van der Waals surface area contributed by atoms with Crippen molar-refractivity contribution >= 4 is 66.6 Å². The maximum atomic E-state index is 14.7. The molecule has 0 aromatic heterocycles. The zero-order chi connectivity index (χ0) is 26.6. The van der Waals surface area contributed by atoms with E-state index < -0.39 is 46.3 Å². The number of nitrogens with zero attached hydrogens (tertiary/aromatic N) is 1. The number of halogens is 3. The number of nitrogens with one attached hydrogen (secondary N) is 2. The number of carbonyl (C=O) groups excluding carboxylic acids is 4. The molecule has 36 heavy (non-hydrogen) atoms. The average molecular weight is 509 g/mol. The van der Waals surface area contributed by atoms with Gasteiger partial charge in [-0.05, 0) is 35.1 Å². The zero-order valence-electron chi connectivity index (χ0n) is 20.2. The number of benzene rings is 2. The Hall–Kier alpha value is -3.07. The Labute approximate surface area is 215 Å². The summed E-state index contributed by atoms with van der Waals surface area (Å²) in [6, 6.07) is 9.59. The first-order chi connectivity index (χ1) is 16.8. The molecule has 0 spiro atoms. The molecule has 7 nitrogen and oxygen atoms in total. The van der Waals surface area contributed by atoms with Gasteiger partial charge in [0.1, 0.15) is 31.4 Å². The molecule has 1 saturated heterocycles. The van der Waals surface area contributed by atoms with Crippen LogP contribution in [0, 0.1) is 0 Å². The van der Waals surface area contributed by atoms with Gasteiger partial charge in [0.2, 0.25) is 11.8 Å². The first kappa shape index (κ1) is 26.0. The van der Waals surface area contributed by atoms with Gasteiger partial charge >= 0.3 is 5.92 Å². The average Bonchev–Trinajstić information content (AvgIpc) is 3.17. The molecule has 2 heterocycles. The van der Waals surface area contributed by atoms with Crippen molar-refractivity contribution in [2.45, 2.75) is 35.5 Å². The van der Waals surface area contributed by atoms with Gasteiger partial charge in [-0.15, -0.1) is 0 Å². The van der Waals surface area contributed by atoms with Gasteiger partial charge in [0.05, 0.1) is 5.44 Å². The summed E-state index contributed by atoms with van der Waals surface area (Å²) in [4.78, 5) is 52.0. The second-order valence-corrected chi connectivity index (χ2v) is 10.1. The third-order valence-electron chi connectivity index (χ3n) is 7.58. The van der Waals surface area contributed by atoms with Crippen LogP contribution < -0.4 is 10.6 Å². The molecular weight excluding hydrogens is 487 g/mol. The molecule has 182 valence electrons. The second-order valence-electron chi connectivity index (χ2n) is 9.63. The minimum atomic E-state index is -3.77. The van der Waals surface area contributed by atoms with E-state index in [2.05, 4.69) is 10.6 Å². The van der Waals surface area contributed by atoms with E-state index in [9.17, 15) is 28.0 Å². The summed E-state index contributed by atoms with van der Waals surface area (Å²) >= 11 is 5.75. The molecule has 4 rings (SSSR count). The lowest BCUT2D eigenvalue weighted by Gasteiger charge is -2.47. The number of fused-ring (bicyclic) bond motifs is 1. The smallest absolute Gasteiger partial charge is 0.349 e. The van der Waals surface area contributed by atoms with Gasteiger partial charge in [0.15, 0.2) is 0 Å². The summed E-state index contributed by atoms with van der Waals surface area (Å²) in [6.45, 7) is 0.110. The summed E-state index contributed by atoms with van der Waals surface area (Å²) in [5.74, 6) is -8.18. The van der Waals surface area contributed by atoms with Crippen LogP contribution in [0.1, 0.15) is 33.0 Å². The SMILES string of the molecule is BC(NC(=O)C(F)(F)c1ccc(Cl)cc1)c1ccc2c(c1)CN([C@]1(B)C(=O)NC(=O)C(B)C1B)C2=O. The van der Waals surface area contributed by atoms with Gasteiger partial charge < -0.3 is 10.2 Å². The number of piperidine rings is 1. The topological polar surface area (TPSA) is 95.6 Å². The van der Waals surface area contributed by atoms with E-state index in [4.69, 9.17) is 11.6 Å². The Morgan fingerprint density at radius 2 is 1.81 bits per heavy atom. The Bertz CT molecular complexity index is 1280. The Balaban J connectivity index is 1.54. The number of rotatable bonds is 5. The van der Waals surface area contributed by atoms with Crippen molar-refractivity contribution in [3.8, 4) is 0 Å². The van der Waals surface area contributed by atoms with Crippen molar-refractivity contribution in [1.82, 2.24) is 15.5 Å². The van der Waals surface area contributed by atoms with Crippen LogP contribution in [0.3, 0.4) is 0 Å². The summed E-state index contributed by atoms with van der Waals surface area (Å²) in [6.07, 6.45) is 0. The highest BCUT2D eigenvalue weighted by atomic mass is 35.5. The van der Waals surface area contributed by atoms with E-state index in [1.807, 2.05) is 0 Å². The van der Waals surface area contributed by atoms with Gasteiger partial charge in [0, 0.05) is 34.5 Å². The van der Waals surface area contributed by atoms with Crippen LogP contribution in [0.15, 0.2) is 42.5 Å². The van der Waals surface area contributed by atoms with E-state index >= 15 is 0 Å². The van der Waals surface area contributed by atoms with Crippen LogP contribution >= 0.6 is 11.6 Å². The predicted octanol–water partition coefficient (Wildman–Crippen LogP) is -1.34. The number of alkyl halides is 2. The minimum absolute atomic E-state index is 0.110. The molecule has 3 unspecified atom stereocenters. The monoisotopic (exact) mass is 509 g/mol. The van der Waals surface area contributed by atoms with Gasteiger partial charge in [0.25, 0.3) is 11.8 Å². The van der Waals surface area contributed by atoms with Crippen molar-refractivity contribution in [3.05, 3.63) is 69.7 Å². The van der Waals surface area contributed by atoms with Gasteiger partial charge in [-0.2, -0.15) is 8.78 Å². The maximum absolute atomic E-state index is 14.7. The molecule has 0 bridgehead atoms. The molecule has 14 heteroatoms. The first-order valence-corrected chi connectivity index (χ1v) is 11.9. The molecule has 0 radical (unpaired) electrons. The number of hydrogen-bond donors (Lipinski definition) is 2. The van der Waals surface area contributed by atoms with Crippen molar-refractivity contribution in [2.75, 3.05) is 0 Å². The highest BCUT2D eigenvalue weighted by Gasteiger charge is 2.54. The van der Waals surface area contributed by atoms with Gasteiger partial charge in [-0.1, -0.05) is 35.9 Å². The first-order valence-electron chi connectivity index (χ1n) is 11.5. The number of hydrogen-bond acceptors (Lipinski definition) is 4. The standard InChI is InChI=1S/C22H22B4ClF2N3O4/c23-14-15(24)21(26,19(35)31-17(14)33)32-8-10-7-9(1-6-13(10)18(32)34)16(25)30-20(36)22(28,29)11-2-4-12(27)5-3-11/h1-7,14-16H,8,23-26H2,(H,30,36)(H,31,33,35)/t14?,15?,16?,21-/m0/s1. The van der Waals surface area contributed by atoms with E-state index in [1.54, 1.807) is 49.6 Å². The molecule has 1 fully saturated rings. The molecule has 4 amide bonds. The van der Waals surface area contributed by atoms with E-state index in [0.29, 0.717) is 16.7 Å². The fraction of sp³-hybridized carbons (Fsp3) is 0.273. The van der Waals surface area contributed by atoms with Crippen molar-refractivity contribution in [3.63, 3.8) is 0 Å². The van der Waals surface area contributed by atoms with Crippen LogP contribution in [0.5, 0.6) is 0 Å². The van der Waals surface area contributed by atoms with Crippen LogP contribution in [0.2, 0.25) is 16.7 Å². The largest absolute Gasteiger partial charge is 0.352 e. The molecule has 2 aliphatic heterocycles. The quantitative estimate of drug-likeness (QED) is 0.386. The Morgan fingerprint density at radius 1 is 1.17 bits per heavy atom. The third-order valence-corrected chi connectivity index (χ3v) is 7.83. The summed E-state index contributed by atoms with van der Waals surface area (Å²) < 4.78 is 29.4. The molecule has 2 N–H and O–H groups in total. The Morgan fingerprint density at radius 3 is 2.44 bits per heavy atom. The van der Waals surface area contributed by atoms with Crippen molar-refractivity contribution in [1.29, 1.82) is 0 Å². The lowest BCUT2D eigenvalue weighted by Crippen LogP contribution is -2.67. The van der Waals surface area contributed by atoms with Crippen molar-refractivity contribution in [2.24, 2.45) is 0 Å². The van der Waals surface area contributed by atoms with Crippen LogP contribution in [0.4, 0.5) is 8.78 Å². The molecule has 0 aliphatic carbocycles. The molecule has 2 aromatic rings. The normalized spacial score (nSPS) is 24.8. The molecule has 2 aromatic carbocycles. The minimum Gasteiger partial charge on any atom is -0.352 e. The Kier molecular flexibility index (Phi) is 6.58. The summed E-state index contributed by atoms with van der Waals surface area (Å²) in [5, 5.41) is 4.97. The molecular formula is C22H22B4ClF2N3O4. The summed E-state index contributed by atoms with van der Waals surface area (Å²) in [7, 11) is 6.68. The molecule has 0 saturated carbocycles. The lowest BCUT2D eigenvalue weighted by molar-refractivity contribution is -0.147. The number of amides is 4. The molecule has 2 aliphatic rings. The van der Waals surface area contributed by atoms with Crippen LogP contribution in [-0.2, 0) is 26.9 Å². The van der Waals surface area contributed by atoms with Crippen molar-refractivity contribution < 1.29 is 28.0 Å². The number of imide groups is 1.